The van der Waals surface area contributed by atoms with E-state index in [4.69, 9.17) is 11.7 Å². The van der Waals surface area contributed by atoms with Gasteiger partial charge in [-0.2, -0.15) is 0 Å². The van der Waals surface area contributed by atoms with E-state index in [1.807, 2.05) is 125 Å². The van der Waals surface area contributed by atoms with Crippen molar-refractivity contribution in [3.63, 3.8) is 0 Å². The van der Waals surface area contributed by atoms with Crippen molar-refractivity contribution in [1.82, 2.24) is 57.2 Å². The van der Waals surface area contributed by atoms with Crippen molar-refractivity contribution < 1.29 is 9.90 Å². The zero-order chi connectivity index (χ0) is 47.6. The molecule has 0 saturated carbocycles. The lowest BCUT2D eigenvalue weighted by molar-refractivity contribution is 0.0696. The van der Waals surface area contributed by atoms with Gasteiger partial charge in [-0.15, -0.1) is 0 Å². The Morgan fingerprint density at radius 2 is 0.863 bits per heavy atom. The third-order valence-electron chi connectivity index (χ3n) is 9.59. The average molecular weight is 1190 g/mol. The van der Waals surface area contributed by atoms with Crippen LogP contribution < -0.4 is 0 Å². The molecule has 0 aliphatic carbocycles. The van der Waals surface area contributed by atoms with Crippen LogP contribution in [0.3, 0.4) is 0 Å². The molecule has 0 bridgehead atoms. The Morgan fingerprint density at radius 1 is 0.507 bits per heavy atom. The van der Waals surface area contributed by atoms with E-state index in [9.17, 15) is 4.79 Å². The van der Waals surface area contributed by atoms with Crippen molar-refractivity contribution in [3.05, 3.63) is 184 Å². The molecular formula is C52H65Br2N13O2P4. The number of aromatic nitrogens is 12. The standard InChI is InChI=1S/C8H6N3P.C8H7N2O2P.C8H9N2P.C8H8N2.C7H6BrN2P.C7H5BrN2.6CH4/c1-9-7-4-6-2-3-11(12)8(6)10-5-7;11-8(12)6-3-5-1-2-10(13)7(5)9-4-6;1-6-4-7-2-3-10(11)8(7)9-5-6;1-6-4-7-2-3-9-8(7)10-5-6;8-6-3-5-1-2-10(11)7(5)9-4-6;8-6-3-5-1-2-9-7(5)10-4-6;;;;;;/h2-5H,12H2;1-4H,13H2,(H,11,12);2-5H,11H2,1H3;2-5H,1H3,(H,9,10);1-4H,11H2;1-4H,(H,9,10);6*1H4. The van der Waals surface area contributed by atoms with Crippen LogP contribution in [0.5, 0.6) is 0 Å². The Bertz CT molecular complexity index is 3540. The number of fused-ring (bicyclic) bond motifs is 6. The molecule has 12 aromatic heterocycles. The number of aromatic amines is 2. The minimum Gasteiger partial charge on any atom is -0.478 e. The number of nitrogens with one attached hydrogen (secondary N) is 2. The monoisotopic (exact) mass is 1190 g/mol. The second-order valence-electron chi connectivity index (χ2n) is 14.5. The Labute approximate surface area is 454 Å². The van der Waals surface area contributed by atoms with Crippen LogP contribution in [-0.2, 0) is 0 Å². The Kier molecular flexibility index (Phi) is 26.7. The third kappa shape index (κ3) is 16.9. The van der Waals surface area contributed by atoms with Gasteiger partial charge in [-0.05, 0) is 167 Å². The molecule has 0 spiro atoms. The van der Waals surface area contributed by atoms with E-state index in [0.717, 1.165) is 64.4 Å². The summed E-state index contributed by atoms with van der Waals surface area (Å²) in [6, 6.07) is 23.6. The predicted octanol–water partition coefficient (Wildman–Crippen LogP) is 16.0. The smallest absolute Gasteiger partial charge is 0.337 e. The first kappa shape index (κ1) is 64.8. The highest BCUT2D eigenvalue weighted by molar-refractivity contribution is 9.10. The summed E-state index contributed by atoms with van der Waals surface area (Å²) in [6.45, 7) is 10.9. The first-order valence-corrected chi connectivity index (χ1v) is 23.5. The molecule has 12 rings (SSSR count). The minimum atomic E-state index is -0.953. The van der Waals surface area contributed by atoms with Gasteiger partial charge >= 0.3 is 5.97 Å². The lowest BCUT2D eigenvalue weighted by Gasteiger charge is -1.95. The molecule has 0 fully saturated rings. The second kappa shape index (κ2) is 30.1. The van der Waals surface area contributed by atoms with Gasteiger partial charge in [0.05, 0.1) is 12.1 Å². The first-order valence-electron chi connectivity index (χ1n) is 19.9. The third-order valence-corrected chi connectivity index (χ3v) is 12.1. The van der Waals surface area contributed by atoms with Crippen molar-refractivity contribution in [2.45, 2.75) is 58.4 Å². The highest BCUT2D eigenvalue weighted by Crippen LogP contribution is 2.22. The number of nitrogens with zero attached hydrogens (tertiary/aromatic N) is 11. The zero-order valence-corrected chi connectivity index (χ0v) is 43.5. The lowest BCUT2D eigenvalue weighted by atomic mass is 10.2. The number of pyridine rings is 6. The van der Waals surface area contributed by atoms with Gasteiger partial charge in [0.1, 0.15) is 33.9 Å². The maximum atomic E-state index is 10.6. The van der Waals surface area contributed by atoms with Crippen LogP contribution in [0, 0.1) is 20.4 Å². The summed E-state index contributed by atoms with van der Waals surface area (Å²) in [5, 5.41) is 15.2. The fraction of sp³-hybridized carbons (Fsp3) is 0.154. The van der Waals surface area contributed by atoms with Gasteiger partial charge in [0.25, 0.3) is 0 Å². The molecule has 73 heavy (non-hydrogen) atoms. The molecule has 4 atom stereocenters. The molecule has 12 heterocycles. The summed E-state index contributed by atoms with van der Waals surface area (Å²) >= 11 is 6.70. The maximum Gasteiger partial charge on any atom is 0.337 e. The van der Waals surface area contributed by atoms with Crippen molar-refractivity contribution in [2.24, 2.45) is 0 Å². The van der Waals surface area contributed by atoms with E-state index in [1.54, 1.807) is 29.0 Å². The number of aryl methyl sites for hydroxylation is 2. The molecule has 0 aliphatic heterocycles. The quantitative estimate of drug-likeness (QED) is 0.108. The summed E-state index contributed by atoms with van der Waals surface area (Å²) < 4.78 is 9.50. The molecule has 15 nitrogen and oxygen atoms in total. The lowest BCUT2D eigenvalue weighted by Crippen LogP contribution is -1.96. The van der Waals surface area contributed by atoms with Crippen LogP contribution in [0.2, 0.25) is 0 Å². The van der Waals surface area contributed by atoms with Crippen LogP contribution in [0.25, 0.3) is 71.0 Å². The molecule has 21 heteroatoms. The molecule has 12 aromatic rings. The van der Waals surface area contributed by atoms with Crippen LogP contribution >= 0.6 is 69.4 Å². The number of H-pyrrole nitrogens is 2. The molecule has 0 amide bonds. The van der Waals surface area contributed by atoms with Gasteiger partial charge in [0, 0.05) is 116 Å². The van der Waals surface area contributed by atoms with E-state index < -0.39 is 5.97 Å². The summed E-state index contributed by atoms with van der Waals surface area (Å²) in [4.78, 5) is 45.0. The summed E-state index contributed by atoms with van der Waals surface area (Å²) in [6.07, 6.45) is 21.7. The Balaban J connectivity index is 0.000000432. The number of aromatic carboxylic acids is 1. The number of carbonyl (C=O) groups is 1. The second-order valence-corrected chi connectivity index (χ2v) is 18.6. The Morgan fingerprint density at radius 3 is 1.36 bits per heavy atom. The summed E-state index contributed by atoms with van der Waals surface area (Å²) in [7, 11) is 10.2. The normalized spacial score (nSPS) is 9.63. The SMILES string of the molecule is Brc1cnc2[nH]ccc2c1.C.C.C.C.C.C.Cc1cnc2[nH]ccc2c1.Cc1cnc2c(ccn2P)c1.O=C(O)c1cnc2c(ccn2P)c1.Pn1ccc2cc(Br)cnc21.[C-]#[N+]c1cnc2c(ccn2P)c1. The molecule has 384 valence electrons. The van der Waals surface area contributed by atoms with Gasteiger partial charge in [-0.25, -0.2) is 39.5 Å². The van der Waals surface area contributed by atoms with Crippen LogP contribution in [0.1, 0.15) is 66.0 Å². The summed E-state index contributed by atoms with van der Waals surface area (Å²) in [5.74, 6) is -0.953. The number of halogens is 2. The van der Waals surface area contributed by atoms with Gasteiger partial charge in [0.15, 0.2) is 0 Å². The zero-order valence-electron chi connectivity index (χ0n) is 35.7. The number of carboxylic acid groups (broad SMARTS) is 1. The average Bonchev–Trinajstić information content (AvgIpc) is 4.21. The number of hydrogen-bond acceptors (Lipinski definition) is 7. The van der Waals surface area contributed by atoms with Crippen LogP contribution in [-0.4, -0.2) is 68.3 Å². The van der Waals surface area contributed by atoms with E-state index in [-0.39, 0.29) is 50.1 Å². The van der Waals surface area contributed by atoms with Crippen LogP contribution in [0.4, 0.5) is 5.69 Å². The number of hydrogen-bond donors (Lipinski definition) is 3. The number of rotatable bonds is 1. The highest BCUT2D eigenvalue weighted by Gasteiger charge is 2.06. The van der Waals surface area contributed by atoms with E-state index >= 15 is 0 Å². The number of carboxylic acids is 1. The van der Waals surface area contributed by atoms with Gasteiger partial charge < -0.3 is 32.4 Å². The van der Waals surface area contributed by atoms with Gasteiger partial charge in [0.2, 0.25) is 5.69 Å². The molecule has 0 aliphatic rings. The van der Waals surface area contributed by atoms with E-state index in [1.165, 1.54) is 28.1 Å². The maximum absolute atomic E-state index is 10.6. The van der Waals surface area contributed by atoms with Crippen LogP contribution in [0.15, 0.2) is 156 Å². The highest BCUT2D eigenvalue weighted by atomic mass is 79.9. The largest absolute Gasteiger partial charge is 0.478 e. The molecular weight excluding hydrogens is 1120 g/mol. The Hall–Kier alpha value is -6.22. The fourth-order valence-electron chi connectivity index (χ4n) is 6.39. The molecule has 0 aromatic carbocycles. The van der Waals surface area contributed by atoms with Gasteiger partial charge in [-0.1, -0.05) is 44.6 Å². The molecule has 3 N–H and O–H groups in total. The minimum absolute atomic E-state index is 0. The van der Waals surface area contributed by atoms with E-state index in [0.29, 0.717) is 5.69 Å². The summed E-state index contributed by atoms with van der Waals surface area (Å²) in [5.41, 5.74) is 8.73. The first-order chi connectivity index (χ1) is 32.3. The van der Waals surface area contributed by atoms with Crippen molar-refractivity contribution in [1.29, 1.82) is 0 Å². The molecule has 4 unspecified atom stereocenters. The molecule has 0 saturated heterocycles. The fourth-order valence-corrected chi connectivity index (χ4v) is 8.29. The topological polar surface area (TPSA) is 170 Å². The van der Waals surface area contributed by atoms with Crippen molar-refractivity contribution in [2.75, 3.05) is 0 Å². The van der Waals surface area contributed by atoms with E-state index in [2.05, 4.69) is 132 Å². The van der Waals surface area contributed by atoms with Crippen molar-refractivity contribution in [3.8, 4) is 0 Å². The van der Waals surface area contributed by atoms with Gasteiger partial charge in [-0.3, -0.25) is 0 Å². The predicted molar refractivity (Wildman–Crippen MR) is 330 cm³/mol. The van der Waals surface area contributed by atoms with Crippen molar-refractivity contribution >= 4 is 147 Å². The molecule has 0 radical (unpaired) electrons.